The van der Waals surface area contributed by atoms with Crippen molar-refractivity contribution in [2.24, 2.45) is 0 Å². The predicted molar refractivity (Wildman–Crippen MR) is 63.6 cm³/mol. The first kappa shape index (κ1) is 11.8. The van der Waals surface area contributed by atoms with Crippen molar-refractivity contribution in [3.8, 4) is 0 Å². The van der Waals surface area contributed by atoms with Crippen molar-refractivity contribution in [2.45, 2.75) is 0 Å². The van der Waals surface area contributed by atoms with E-state index < -0.39 is 0 Å². The Morgan fingerprint density at radius 2 is 1.00 bits per heavy atom. The van der Waals surface area contributed by atoms with Crippen LogP contribution in [0, 0.1) is 11.6 Å². The van der Waals surface area contributed by atoms with Crippen molar-refractivity contribution >= 4 is 35.2 Å². The van der Waals surface area contributed by atoms with Crippen molar-refractivity contribution in [3.63, 3.8) is 0 Å². The topological polar surface area (TPSA) is 0 Å². The van der Waals surface area contributed by atoms with Crippen LogP contribution in [0.1, 0.15) is 0 Å². The molecule has 0 heterocycles. The summed E-state index contributed by atoms with van der Waals surface area (Å²) in [7, 11) is 0. The Morgan fingerprint density at radius 1 is 0.625 bits per heavy atom. The van der Waals surface area contributed by atoms with Gasteiger partial charge in [-0.05, 0) is 0 Å². The van der Waals surface area contributed by atoms with E-state index in [1.165, 1.54) is 12.1 Å². The maximum absolute atomic E-state index is 13.3. The van der Waals surface area contributed by atoms with E-state index in [0.717, 1.165) is 8.92 Å². The van der Waals surface area contributed by atoms with Crippen LogP contribution < -0.4 is 8.92 Å². The molecule has 4 heteroatoms. The quantitative estimate of drug-likeness (QED) is 0.733. The van der Waals surface area contributed by atoms with E-state index in [4.69, 9.17) is 0 Å². The Hall–Kier alpha value is -0.661. The number of hydrogen-bond acceptors (Lipinski definition) is 0. The first-order valence-electron chi connectivity index (χ1n) is 4.61. The van der Waals surface area contributed by atoms with E-state index in [2.05, 4.69) is 0 Å². The van der Waals surface area contributed by atoms with E-state index in [0.29, 0.717) is 0 Å². The third kappa shape index (κ3) is 2.93. The van der Waals surface area contributed by atoms with Crippen molar-refractivity contribution < 1.29 is 8.78 Å². The molecule has 0 saturated carbocycles. The Morgan fingerprint density at radius 3 is 1.38 bits per heavy atom. The molecule has 0 nitrogen and oxygen atoms in total. The first-order chi connectivity index (χ1) is 7.77. The summed E-state index contributed by atoms with van der Waals surface area (Å²) in [5.41, 5.74) is 0. The van der Waals surface area contributed by atoms with Crippen LogP contribution in [0.2, 0.25) is 0 Å². The molecule has 0 saturated heterocycles. The summed E-state index contributed by atoms with van der Waals surface area (Å²) >= 11 is 0.00106. The molecule has 82 valence electrons. The van der Waals surface area contributed by atoms with Crippen LogP contribution in [-0.2, 0) is 0 Å². The van der Waals surface area contributed by atoms with Crippen LogP contribution in [0.25, 0.3) is 0 Å². The van der Waals surface area contributed by atoms with Gasteiger partial charge in [0.05, 0.1) is 0 Å². The zero-order valence-electron chi connectivity index (χ0n) is 8.19. The SMILES string of the molecule is Fc1ccccc1[Se][Se]c1ccccc1F. The van der Waals surface area contributed by atoms with Crippen LogP contribution in [-0.4, -0.2) is 26.3 Å². The van der Waals surface area contributed by atoms with Gasteiger partial charge in [-0.25, -0.2) is 0 Å². The predicted octanol–water partition coefficient (Wildman–Crippen LogP) is 1.24. The van der Waals surface area contributed by atoms with E-state index in [-0.39, 0.29) is 37.9 Å². The van der Waals surface area contributed by atoms with Gasteiger partial charge in [-0.15, -0.1) is 0 Å². The monoisotopic (exact) mass is 350 g/mol. The molecule has 0 aliphatic rings. The normalized spacial score (nSPS) is 10.4. The molecular formula is C12H8F2Se2. The van der Waals surface area contributed by atoms with Crippen LogP contribution in [0.4, 0.5) is 8.78 Å². The fourth-order valence-corrected chi connectivity index (χ4v) is 7.58. The molecule has 2 aromatic carbocycles. The summed E-state index contributed by atoms with van der Waals surface area (Å²) in [6, 6.07) is 13.4. The minimum absolute atomic E-state index is 0.000532. The Kier molecular flexibility index (Phi) is 4.14. The minimum atomic E-state index is -0.180. The molecule has 0 aromatic heterocycles. The summed E-state index contributed by atoms with van der Waals surface area (Å²) in [6.45, 7) is 0. The molecule has 0 amide bonds. The molecule has 0 aliphatic carbocycles. The molecule has 2 aromatic rings. The van der Waals surface area contributed by atoms with Crippen LogP contribution in [0.3, 0.4) is 0 Å². The Balaban J connectivity index is 2.09. The van der Waals surface area contributed by atoms with Gasteiger partial charge >= 0.3 is 104 Å². The number of halogens is 2. The average Bonchev–Trinajstić information content (AvgIpc) is 2.30. The molecule has 16 heavy (non-hydrogen) atoms. The zero-order chi connectivity index (χ0) is 11.4. The molecule has 0 unspecified atom stereocenters. The van der Waals surface area contributed by atoms with Gasteiger partial charge in [-0.2, -0.15) is 0 Å². The van der Waals surface area contributed by atoms with Crippen molar-refractivity contribution in [2.75, 3.05) is 0 Å². The molecule has 0 aliphatic heterocycles. The van der Waals surface area contributed by atoms with E-state index >= 15 is 0 Å². The molecular weight excluding hydrogens is 340 g/mol. The van der Waals surface area contributed by atoms with E-state index in [1.54, 1.807) is 24.3 Å². The van der Waals surface area contributed by atoms with Crippen molar-refractivity contribution in [1.29, 1.82) is 0 Å². The van der Waals surface area contributed by atoms with Gasteiger partial charge in [-0.1, -0.05) is 0 Å². The summed E-state index contributed by atoms with van der Waals surface area (Å²) in [6.07, 6.45) is 0. The third-order valence-corrected chi connectivity index (χ3v) is 9.04. The molecule has 0 atom stereocenters. The van der Waals surface area contributed by atoms with Crippen molar-refractivity contribution in [3.05, 3.63) is 60.2 Å². The van der Waals surface area contributed by atoms with Gasteiger partial charge in [0.2, 0.25) is 0 Å². The molecule has 0 fully saturated rings. The van der Waals surface area contributed by atoms with Crippen LogP contribution >= 0.6 is 0 Å². The second-order valence-corrected chi connectivity index (χ2v) is 9.21. The fourth-order valence-electron chi connectivity index (χ4n) is 1.11. The summed E-state index contributed by atoms with van der Waals surface area (Å²) in [5.74, 6) is -0.360. The Labute approximate surface area is 104 Å². The number of hydrogen-bond donors (Lipinski definition) is 0. The fraction of sp³-hybridized carbons (Fsp3) is 0. The number of benzene rings is 2. The first-order valence-corrected chi connectivity index (χ1v) is 10.7. The van der Waals surface area contributed by atoms with Gasteiger partial charge in [-0.3, -0.25) is 0 Å². The summed E-state index contributed by atoms with van der Waals surface area (Å²) in [5, 5.41) is 0. The van der Waals surface area contributed by atoms with E-state index in [9.17, 15) is 8.78 Å². The van der Waals surface area contributed by atoms with Gasteiger partial charge < -0.3 is 0 Å². The third-order valence-electron chi connectivity index (χ3n) is 1.89. The maximum atomic E-state index is 13.3. The Bertz CT molecular complexity index is 440. The van der Waals surface area contributed by atoms with Crippen molar-refractivity contribution in [1.82, 2.24) is 0 Å². The van der Waals surface area contributed by atoms with Gasteiger partial charge in [0.25, 0.3) is 0 Å². The summed E-state index contributed by atoms with van der Waals surface area (Å²) < 4.78 is 28.1. The molecule has 0 N–H and O–H groups in total. The second kappa shape index (κ2) is 5.60. The number of rotatable bonds is 3. The van der Waals surface area contributed by atoms with Crippen LogP contribution in [0.15, 0.2) is 48.5 Å². The second-order valence-electron chi connectivity index (χ2n) is 3.03. The molecule has 0 radical (unpaired) electrons. The standard InChI is InChI=1S/C12H8F2Se2/c13-9-5-1-3-7-11(9)15-16-12-8-4-2-6-10(12)14/h1-8H. The van der Waals surface area contributed by atoms with Gasteiger partial charge in [0.1, 0.15) is 0 Å². The summed E-state index contributed by atoms with van der Waals surface area (Å²) in [4.78, 5) is 0. The van der Waals surface area contributed by atoms with Gasteiger partial charge in [0.15, 0.2) is 0 Å². The van der Waals surface area contributed by atoms with Gasteiger partial charge in [0, 0.05) is 0 Å². The molecule has 0 bridgehead atoms. The van der Waals surface area contributed by atoms with Crippen LogP contribution in [0.5, 0.6) is 0 Å². The van der Waals surface area contributed by atoms with E-state index in [1.807, 2.05) is 12.1 Å². The zero-order valence-corrected chi connectivity index (χ0v) is 11.6. The molecule has 0 spiro atoms. The molecule has 2 rings (SSSR count). The average molecular weight is 348 g/mol.